The lowest BCUT2D eigenvalue weighted by Gasteiger charge is -2.41. The van der Waals surface area contributed by atoms with Crippen LogP contribution in [0.3, 0.4) is 0 Å². The lowest BCUT2D eigenvalue weighted by molar-refractivity contribution is -0.305. The second-order valence-corrected chi connectivity index (χ2v) is 20.7. The minimum atomic E-state index is -1.64. The molecule has 0 radical (unpaired) electrons. The smallest absolute Gasteiger partial charge is 0.306 e. The van der Waals surface area contributed by atoms with Crippen LogP contribution in [-0.2, 0) is 23.8 Å². The fraction of sp³-hybridized carbons (Fsp3) is 0.778. The average Bonchev–Trinajstić information content (AvgIpc) is 3.40. The number of hydrogen-bond donors (Lipinski definition) is 6. The number of aliphatic hydroxyl groups is 5. The van der Waals surface area contributed by atoms with Crippen molar-refractivity contribution in [2.45, 2.75) is 301 Å². The Bertz CT molecular complexity index is 1480. The second-order valence-electron chi connectivity index (χ2n) is 20.7. The van der Waals surface area contributed by atoms with Crippen LogP contribution in [0.4, 0.5) is 0 Å². The fourth-order valence-electron chi connectivity index (χ4n) is 9.10. The number of aliphatic hydroxyl groups excluding tert-OH is 5. The van der Waals surface area contributed by atoms with E-state index in [4.69, 9.17) is 14.2 Å². The molecule has 1 fully saturated rings. The van der Waals surface area contributed by atoms with Crippen molar-refractivity contribution in [2.75, 3.05) is 13.2 Å². The number of carbonyl (C=O) groups excluding carboxylic acids is 2. The van der Waals surface area contributed by atoms with Crippen molar-refractivity contribution >= 4 is 11.9 Å². The molecule has 74 heavy (non-hydrogen) atoms. The number of carbonyl (C=O) groups is 2. The third-order valence-electron chi connectivity index (χ3n) is 13.9. The van der Waals surface area contributed by atoms with Gasteiger partial charge in [-0.25, -0.2) is 0 Å². The van der Waals surface area contributed by atoms with E-state index in [1.807, 2.05) is 18.2 Å². The topological polar surface area (TPSA) is 175 Å². The zero-order valence-electron chi connectivity index (χ0n) is 47.2. The Morgan fingerprint density at radius 1 is 0.541 bits per heavy atom. The summed E-state index contributed by atoms with van der Waals surface area (Å²) >= 11 is 0. The lowest BCUT2D eigenvalue weighted by atomic mass is 9.99. The van der Waals surface area contributed by atoms with Gasteiger partial charge in [0.25, 0.3) is 0 Å². The van der Waals surface area contributed by atoms with Crippen LogP contribution in [0.2, 0.25) is 0 Å². The fourth-order valence-corrected chi connectivity index (χ4v) is 9.10. The van der Waals surface area contributed by atoms with Gasteiger partial charge < -0.3 is 45.1 Å². The molecule has 1 rings (SSSR count). The van der Waals surface area contributed by atoms with E-state index in [-0.39, 0.29) is 19.4 Å². The normalized spacial score (nSPS) is 19.8. The van der Waals surface area contributed by atoms with E-state index in [1.54, 1.807) is 6.08 Å². The third-order valence-corrected chi connectivity index (χ3v) is 13.9. The summed E-state index contributed by atoms with van der Waals surface area (Å²) in [6, 6.07) is -1.04. The Hall–Kier alpha value is -2.90. The van der Waals surface area contributed by atoms with E-state index in [1.165, 1.54) is 128 Å². The highest BCUT2D eigenvalue weighted by Gasteiger charge is 2.47. The molecule has 0 aromatic rings. The van der Waals surface area contributed by atoms with Crippen LogP contribution < -0.4 is 5.32 Å². The molecule has 8 unspecified atom stereocenters. The van der Waals surface area contributed by atoms with Crippen molar-refractivity contribution < 1.29 is 49.3 Å². The first-order valence-corrected chi connectivity index (χ1v) is 30.2. The summed E-state index contributed by atoms with van der Waals surface area (Å²) in [6.07, 6.45) is 53.7. The predicted molar refractivity (Wildman–Crippen MR) is 306 cm³/mol. The third kappa shape index (κ3) is 38.6. The Morgan fingerprint density at radius 2 is 0.973 bits per heavy atom. The van der Waals surface area contributed by atoms with Gasteiger partial charge in [-0.3, -0.25) is 9.59 Å². The number of nitrogens with one attached hydrogen (secondary N) is 1. The number of unbranched alkanes of at least 4 members (excludes halogenated alkanes) is 26. The number of hydrogen-bond acceptors (Lipinski definition) is 10. The van der Waals surface area contributed by atoms with Crippen LogP contribution >= 0.6 is 0 Å². The van der Waals surface area contributed by atoms with E-state index >= 15 is 0 Å². The van der Waals surface area contributed by atoms with Gasteiger partial charge in [-0.2, -0.15) is 0 Å². The maximum absolute atomic E-state index is 13.4. The molecule has 1 heterocycles. The molecule has 1 amide bonds. The maximum atomic E-state index is 13.4. The van der Waals surface area contributed by atoms with Crippen molar-refractivity contribution in [3.8, 4) is 0 Å². The maximum Gasteiger partial charge on any atom is 0.306 e. The molecular weight excluding hydrogens is 931 g/mol. The summed E-state index contributed by atoms with van der Waals surface area (Å²) in [5.41, 5.74) is 0. The molecule has 11 nitrogen and oxygen atoms in total. The van der Waals surface area contributed by atoms with Crippen LogP contribution in [0.5, 0.6) is 0 Å². The van der Waals surface area contributed by atoms with Crippen LogP contribution in [0.25, 0.3) is 0 Å². The first-order valence-electron chi connectivity index (χ1n) is 30.2. The molecule has 0 bridgehead atoms. The summed E-state index contributed by atoms with van der Waals surface area (Å²) < 4.78 is 17.5. The van der Waals surface area contributed by atoms with Crippen LogP contribution in [0.1, 0.15) is 252 Å². The van der Waals surface area contributed by atoms with Gasteiger partial charge in [0.1, 0.15) is 24.4 Å². The zero-order chi connectivity index (χ0) is 54.0. The Kier molecular flexibility index (Phi) is 47.5. The highest BCUT2D eigenvalue weighted by molar-refractivity contribution is 5.80. The van der Waals surface area contributed by atoms with Crippen LogP contribution in [0.15, 0.2) is 72.9 Å². The van der Waals surface area contributed by atoms with E-state index in [0.717, 1.165) is 70.6 Å². The van der Waals surface area contributed by atoms with Crippen molar-refractivity contribution in [2.24, 2.45) is 0 Å². The molecule has 0 aliphatic carbocycles. The molecule has 1 aliphatic heterocycles. The monoisotopic (exact) mass is 1040 g/mol. The summed E-state index contributed by atoms with van der Waals surface area (Å²) in [5, 5.41) is 56.9. The summed E-state index contributed by atoms with van der Waals surface area (Å²) in [7, 11) is 0. The Balaban J connectivity index is 2.74. The quantitative estimate of drug-likeness (QED) is 0.0195. The molecule has 0 spiro atoms. The number of amides is 1. The predicted octanol–water partition coefficient (Wildman–Crippen LogP) is 14.0. The molecule has 8 atom stereocenters. The van der Waals surface area contributed by atoms with E-state index in [2.05, 4.69) is 74.7 Å². The van der Waals surface area contributed by atoms with E-state index in [9.17, 15) is 35.1 Å². The van der Waals surface area contributed by atoms with E-state index in [0.29, 0.717) is 19.3 Å². The van der Waals surface area contributed by atoms with Gasteiger partial charge in [0.15, 0.2) is 12.4 Å². The second kappa shape index (κ2) is 50.9. The SMILES string of the molecule is CC/C=C\C/C=C\C/C=C\C/C=C\C/C=C\CCCC(=O)OC1C(OCC(NC(=O)C(O)CCCCCCCCCCCCCCCCCC)C(O)/C=C/CCCCCCCCCCCC)OC(CO)C(O)C1O. The Labute approximate surface area is 451 Å². The van der Waals surface area contributed by atoms with Gasteiger partial charge in [0, 0.05) is 6.42 Å². The number of rotatable bonds is 50. The molecule has 0 aromatic heterocycles. The van der Waals surface area contributed by atoms with Gasteiger partial charge in [0.2, 0.25) is 5.91 Å². The summed E-state index contributed by atoms with van der Waals surface area (Å²) in [6.45, 7) is 5.65. The molecule has 428 valence electrons. The van der Waals surface area contributed by atoms with Crippen LogP contribution in [-0.4, -0.2) is 99.6 Å². The van der Waals surface area contributed by atoms with Gasteiger partial charge in [0.05, 0.1) is 25.4 Å². The van der Waals surface area contributed by atoms with Crippen molar-refractivity contribution in [1.29, 1.82) is 0 Å². The minimum absolute atomic E-state index is 0.0440. The number of ether oxygens (including phenoxy) is 3. The largest absolute Gasteiger partial charge is 0.454 e. The highest BCUT2D eigenvalue weighted by Crippen LogP contribution is 2.26. The molecule has 1 saturated heterocycles. The highest BCUT2D eigenvalue weighted by atomic mass is 16.7. The van der Waals surface area contributed by atoms with Gasteiger partial charge in [-0.15, -0.1) is 0 Å². The average molecular weight is 1040 g/mol. The molecule has 11 heteroatoms. The summed E-state index contributed by atoms with van der Waals surface area (Å²) in [4.78, 5) is 26.5. The van der Waals surface area contributed by atoms with Crippen molar-refractivity contribution in [1.82, 2.24) is 5.32 Å². The first-order chi connectivity index (χ1) is 36.2. The van der Waals surface area contributed by atoms with Gasteiger partial charge >= 0.3 is 5.97 Å². The molecule has 0 aromatic carbocycles. The molecule has 6 N–H and O–H groups in total. The zero-order valence-corrected chi connectivity index (χ0v) is 47.2. The standard InChI is InChI=1S/C63H111NO10/c1-4-7-10-13-16-19-22-25-27-29-31-33-36-39-42-45-48-51-58(68)74-61-60(70)59(69)57(52-65)73-63(61)72-53-54(55(66)49-46-43-40-37-34-24-21-18-15-12-9-6-3)64-62(71)56(67)50-47-44-41-38-35-32-30-28-26-23-20-17-14-11-8-5-2/h7,10,16,19,25,27,31,33,39,42,46,49,54-57,59-61,63,65-67,69-70H,4-6,8-9,11-15,17-18,20-24,26,28-30,32,34-38,40-41,43-45,47-48,50-53H2,1-3H3,(H,64,71)/b10-7-,19-16-,27-25-,33-31-,42-39-,49-46+. The van der Waals surface area contributed by atoms with Gasteiger partial charge in [-0.05, 0) is 64.2 Å². The number of esters is 1. The molecular formula is C63H111NO10. The van der Waals surface area contributed by atoms with E-state index < -0.39 is 67.4 Å². The Morgan fingerprint density at radius 3 is 1.45 bits per heavy atom. The van der Waals surface area contributed by atoms with Gasteiger partial charge in [-0.1, -0.05) is 254 Å². The number of allylic oxidation sites excluding steroid dienone is 11. The summed E-state index contributed by atoms with van der Waals surface area (Å²) in [5.74, 6) is -1.25. The van der Waals surface area contributed by atoms with Crippen LogP contribution in [0, 0.1) is 0 Å². The minimum Gasteiger partial charge on any atom is -0.454 e. The first kappa shape index (κ1) is 69.1. The lowest BCUT2D eigenvalue weighted by Crippen LogP contribution is -2.61. The molecule has 1 aliphatic rings. The van der Waals surface area contributed by atoms with Crippen molar-refractivity contribution in [3.63, 3.8) is 0 Å². The molecule has 0 saturated carbocycles. The van der Waals surface area contributed by atoms with Crippen molar-refractivity contribution in [3.05, 3.63) is 72.9 Å².